The second kappa shape index (κ2) is 7.29. The summed E-state index contributed by atoms with van der Waals surface area (Å²) < 4.78 is 6.59. The van der Waals surface area contributed by atoms with Crippen molar-refractivity contribution in [3.05, 3.63) is 48.4 Å². The van der Waals surface area contributed by atoms with Crippen LogP contribution in [0.3, 0.4) is 0 Å². The molecule has 3 aromatic rings. The lowest BCUT2D eigenvalue weighted by Crippen LogP contribution is -2.32. The molecule has 0 aliphatic carbocycles. The number of esters is 1. The zero-order valence-corrected chi connectivity index (χ0v) is 14.6. The third kappa shape index (κ3) is 3.60. The molecule has 7 nitrogen and oxygen atoms in total. The highest BCUT2D eigenvalue weighted by molar-refractivity contribution is 5.87. The molecule has 0 saturated carbocycles. The number of carbonyl (C=O) groups excluding carboxylic acids is 1. The predicted octanol–water partition coefficient (Wildman–Crippen LogP) is 2.18. The van der Waals surface area contributed by atoms with Gasteiger partial charge in [0.25, 0.3) is 0 Å². The maximum absolute atomic E-state index is 11.9. The summed E-state index contributed by atoms with van der Waals surface area (Å²) in [5.41, 5.74) is 1.89. The Morgan fingerprint density at radius 1 is 1.28 bits per heavy atom. The molecule has 7 heteroatoms. The third-order valence-corrected chi connectivity index (χ3v) is 4.12. The van der Waals surface area contributed by atoms with E-state index in [0.717, 1.165) is 22.4 Å². The Hall–Kier alpha value is -2.96. The van der Waals surface area contributed by atoms with Gasteiger partial charge in [0.15, 0.2) is 5.65 Å². The minimum Gasteiger partial charge on any atom is -0.469 e. The summed E-state index contributed by atoms with van der Waals surface area (Å²) in [5.74, 6) is 0.239. The van der Waals surface area contributed by atoms with Gasteiger partial charge < -0.3 is 9.64 Å². The van der Waals surface area contributed by atoms with E-state index in [-0.39, 0.29) is 11.9 Å². The van der Waals surface area contributed by atoms with Crippen LogP contribution in [0.25, 0.3) is 11.0 Å². The number of nitrogens with zero attached hydrogens (tertiary/aromatic N) is 5. The number of methoxy groups -OCH3 is 1. The molecule has 0 bridgehead atoms. The highest BCUT2D eigenvalue weighted by Crippen LogP contribution is 2.25. The van der Waals surface area contributed by atoms with Crippen molar-refractivity contribution in [2.24, 2.45) is 13.0 Å². The Labute approximate surface area is 146 Å². The van der Waals surface area contributed by atoms with Crippen molar-refractivity contribution >= 4 is 22.8 Å². The number of benzene rings is 1. The summed E-state index contributed by atoms with van der Waals surface area (Å²) in [6.07, 6.45) is 3.28. The summed E-state index contributed by atoms with van der Waals surface area (Å²) >= 11 is 0. The van der Waals surface area contributed by atoms with Crippen LogP contribution in [-0.4, -0.2) is 39.4 Å². The zero-order valence-electron chi connectivity index (χ0n) is 14.6. The van der Waals surface area contributed by atoms with Crippen LogP contribution in [0.5, 0.6) is 0 Å². The Balaban J connectivity index is 1.98. The predicted molar refractivity (Wildman–Crippen MR) is 95.0 cm³/mol. The first-order valence-electron chi connectivity index (χ1n) is 8.09. The molecule has 0 aliphatic heterocycles. The molecule has 0 aliphatic rings. The lowest BCUT2D eigenvalue weighted by molar-refractivity contribution is -0.144. The standard InChI is InChI=1S/C18H21N5O2/c1-13(18(24)25-3)10-23(11-14-7-5-4-6-8-14)17-15-9-21-22(2)16(15)19-12-20-17/h4-9,12-13H,10-11H2,1-3H3/t13-/m1/s1. The minimum absolute atomic E-state index is 0.241. The second-order valence-electron chi connectivity index (χ2n) is 5.99. The van der Waals surface area contributed by atoms with Gasteiger partial charge in [-0.3, -0.25) is 9.48 Å². The molecule has 0 N–H and O–H groups in total. The highest BCUT2D eigenvalue weighted by atomic mass is 16.5. The van der Waals surface area contributed by atoms with Crippen LogP contribution in [-0.2, 0) is 23.1 Å². The van der Waals surface area contributed by atoms with E-state index in [1.807, 2.05) is 32.2 Å². The van der Waals surface area contributed by atoms with Crippen molar-refractivity contribution in [2.45, 2.75) is 13.5 Å². The van der Waals surface area contributed by atoms with Gasteiger partial charge in [0.2, 0.25) is 0 Å². The number of anilines is 1. The van der Waals surface area contributed by atoms with Crippen molar-refractivity contribution in [1.29, 1.82) is 0 Å². The van der Waals surface area contributed by atoms with E-state index in [9.17, 15) is 4.79 Å². The van der Waals surface area contributed by atoms with E-state index in [1.165, 1.54) is 13.4 Å². The quantitative estimate of drug-likeness (QED) is 0.641. The molecule has 0 unspecified atom stereocenters. The molecule has 0 radical (unpaired) electrons. The molecular weight excluding hydrogens is 318 g/mol. The van der Waals surface area contributed by atoms with Gasteiger partial charge in [-0.25, -0.2) is 9.97 Å². The number of fused-ring (bicyclic) bond motifs is 1. The van der Waals surface area contributed by atoms with Gasteiger partial charge in [-0.15, -0.1) is 0 Å². The summed E-state index contributed by atoms with van der Waals surface area (Å²) in [6.45, 7) is 2.97. The molecule has 1 atom stereocenters. The Kier molecular flexibility index (Phi) is 4.92. The monoisotopic (exact) mass is 339 g/mol. The van der Waals surface area contributed by atoms with Crippen LogP contribution in [0, 0.1) is 5.92 Å². The van der Waals surface area contributed by atoms with Gasteiger partial charge in [0.05, 0.1) is 24.6 Å². The van der Waals surface area contributed by atoms with Crippen molar-refractivity contribution in [1.82, 2.24) is 19.7 Å². The molecule has 3 rings (SSSR count). The lowest BCUT2D eigenvalue weighted by Gasteiger charge is -2.26. The van der Waals surface area contributed by atoms with Gasteiger partial charge >= 0.3 is 5.97 Å². The van der Waals surface area contributed by atoms with Crippen LogP contribution < -0.4 is 4.90 Å². The van der Waals surface area contributed by atoms with Gasteiger partial charge in [-0.2, -0.15) is 5.10 Å². The maximum Gasteiger partial charge on any atom is 0.310 e. The number of rotatable bonds is 6. The van der Waals surface area contributed by atoms with Crippen molar-refractivity contribution in [3.8, 4) is 0 Å². The number of hydrogen-bond donors (Lipinski definition) is 0. The SMILES string of the molecule is COC(=O)[C@H](C)CN(Cc1ccccc1)c1ncnc2c1cnn2C. The number of aromatic nitrogens is 4. The number of carbonyl (C=O) groups is 1. The molecule has 2 heterocycles. The Bertz CT molecular complexity index is 862. The average Bonchev–Trinajstić information content (AvgIpc) is 3.02. The molecule has 1 aromatic carbocycles. The van der Waals surface area contributed by atoms with Gasteiger partial charge in [-0.1, -0.05) is 37.3 Å². The van der Waals surface area contributed by atoms with Crippen LogP contribution in [0.4, 0.5) is 5.82 Å². The van der Waals surface area contributed by atoms with Gasteiger partial charge in [-0.05, 0) is 5.56 Å². The van der Waals surface area contributed by atoms with Crippen LogP contribution in [0.1, 0.15) is 12.5 Å². The van der Waals surface area contributed by atoms with Crippen LogP contribution in [0.2, 0.25) is 0 Å². The normalized spacial score (nSPS) is 12.1. The Morgan fingerprint density at radius 3 is 2.76 bits per heavy atom. The summed E-state index contributed by atoms with van der Waals surface area (Å²) in [6, 6.07) is 10.1. The molecule has 0 amide bonds. The highest BCUT2D eigenvalue weighted by Gasteiger charge is 2.21. The second-order valence-corrected chi connectivity index (χ2v) is 5.99. The molecule has 0 saturated heterocycles. The van der Waals surface area contributed by atoms with E-state index >= 15 is 0 Å². The van der Waals surface area contributed by atoms with Gasteiger partial charge in [0.1, 0.15) is 12.1 Å². The fourth-order valence-corrected chi connectivity index (χ4v) is 2.84. The topological polar surface area (TPSA) is 73.1 Å². The molecular formula is C18H21N5O2. The van der Waals surface area contributed by atoms with Crippen molar-refractivity contribution in [2.75, 3.05) is 18.6 Å². The number of ether oxygens (including phenoxy) is 1. The molecule has 2 aromatic heterocycles. The van der Waals surface area contributed by atoms with E-state index in [1.54, 1.807) is 10.9 Å². The third-order valence-electron chi connectivity index (χ3n) is 4.12. The zero-order chi connectivity index (χ0) is 17.8. The average molecular weight is 339 g/mol. The Morgan fingerprint density at radius 2 is 2.04 bits per heavy atom. The number of hydrogen-bond acceptors (Lipinski definition) is 6. The van der Waals surface area contributed by atoms with Gasteiger partial charge in [0, 0.05) is 20.1 Å². The largest absolute Gasteiger partial charge is 0.469 e. The summed E-state index contributed by atoms with van der Waals surface area (Å²) in [4.78, 5) is 22.7. The molecule has 130 valence electrons. The maximum atomic E-state index is 11.9. The fourth-order valence-electron chi connectivity index (χ4n) is 2.84. The first kappa shape index (κ1) is 16.9. The first-order chi connectivity index (χ1) is 12.1. The van der Waals surface area contributed by atoms with E-state index in [2.05, 4.69) is 32.1 Å². The summed E-state index contributed by atoms with van der Waals surface area (Å²) in [5, 5.41) is 5.13. The lowest BCUT2D eigenvalue weighted by atomic mass is 10.1. The smallest absolute Gasteiger partial charge is 0.310 e. The van der Waals surface area contributed by atoms with Crippen LogP contribution >= 0.6 is 0 Å². The van der Waals surface area contributed by atoms with E-state index in [4.69, 9.17) is 4.74 Å². The summed E-state index contributed by atoms with van der Waals surface area (Å²) in [7, 11) is 3.25. The molecule has 0 spiro atoms. The van der Waals surface area contributed by atoms with E-state index in [0.29, 0.717) is 13.1 Å². The van der Waals surface area contributed by atoms with E-state index < -0.39 is 0 Å². The first-order valence-corrected chi connectivity index (χ1v) is 8.09. The fraction of sp³-hybridized carbons (Fsp3) is 0.333. The van der Waals surface area contributed by atoms with Crippen molar-refractivity contribution in [3.63, 3.8) is 0 Å². The van der Waals surface area contributed by atoms with Crippen molar-refractivity contribution < 1.29 is 9.53 Å². The van der Waals surface area contributed by atoms with Crippen LogP contribution in [0.15, 0.2) is 42.9 Å². The molecule has 25 heavy (non-hydrogen) atoms. The molecule has 0 fully saturated rings. The number of aryl methyl sites for hydroxylation is 1. The minimum atomic E-state index is -0.282.